The summed E-state index contributed by atoms with van der Waals surface area (Å²) >= 11 is 0. The molecule has 2 nitrogen and oxygen atoms in total. The Morgan fingerprint density at radius 3 is 1.55 bits per heavy atom. The van der Waals surface area contributed by atoms with Crippen molar-refractivity contribution in [3.63, 3.8) is 0 Å². The van der Waals surface area contributed by atoms with Crippen LogP contribution in [0.2, 0.25) is 0 Å². The van der Waals surface area contributed by atoms with Gasteiger partial charge in [-0.2, -0.15) is 0 Å². The lowest BCUT2D eigenvalue weighted by Gasteiger charge is -2.54. The van der Waals surface area contributed by atoms with Crippen LogP contribution in [-0.2, 0) is 0 Å². The van der Waals surface area contributed by atoms with E-state index in [9.17, 15) is 0 Å². The molecule has 0 heterocycles. The summed E-state index contributed by atoms with van der Waals surface area (Å²) in [4.78, 5) is 0. The summed E-state index contributed by atoms with van der Waals surface area (Å²) in [5.41, 5.74) is 13.3. The van der Waals surface area contributed by atoms with Crippen molar-refractivity contribution in [3.05, 3.63) is 0 Å². The molecule has 3 rings (SSSR count). The second-order valence-corrected chi connectivity index (χ2v) is 9.10. The van der Waals surface area contributed by atoms with E-state index in [2.05, 4.69) is 13.8 Å². The molecule has 3 fully saturated rings. The van der Waals surface area contributed by atoms with Gasteiger partial charge in [0.15, 0.2) is 0 Å². The first-order chi connectivity index (χ1) is 10.5. The SMILES string of the molecule is CC1CC(C2(C3CCC(N)C(C)C3)CCCCC2)CCC1N. The predicted molar refractivity (Wildman–Crippen MR) is 94.5 cm³/mol. The van der Waals surface area contributed by atoms with E-state index >= 15 is 0 Å². The van der Waals surface area contributed by atoms with Gasteiger partial charge in [-0.25, -0.2) is 0 Å². The van der Waals surface area contributed by atoms with E-state index in [-0.39, 0.29) is 0 Å². The molecule has 6 unspecified atom stereocenters. The van der Waals surface area contributed by atoms with Gasteiger partial charge < -0.3 is 11.5 Å². The Bertz CT molecular complexity index is 333. The zero-order valence-corrected chi connectivity index (χ0v) is 14.9. The summed E-state index contributed by atoms with van der Waals surface area (Å²) in [5.74, 6) is 3.32. The first kappa shape index (κ1) is 16.8. The molecule has 0 bridgehead atoms. The van der Waals surface area contributed by atoms with Gasteiger partial charge in [0.2, 0.25) is 0 Å². The number of hydrogen-bond acceptors (Lipinski definition) is 2. The van der Waals surface area contributed by atoms with Crippen LogP contribution >= 0.6 is 0 Å². The van der Waals surface area contributed by atoms with Crippen LogP contribution in [0.25, 0.3) is 0 Å². The number of nitrogens with two attached hydrogens (primary N) is 2. The van der Waals surface area contributed by atoms with Gasteiger partial charge in [0, 0.05) is 12.1 Å². The fourth-order valence-electron chi connectivity index (χ4n) is 6.24. The average molecular weight is 307 g/mol. The van der Waals surface area contributed by atoms with E-state index in [1.165, 1.54) is 70.6 Å². The highest BCUT2D eigenvalue weighted by atomic mass is 14.7. The number of hydrogen-bond donors (Lipinski definition) is 2. The van der Waals surface area contributed by atoms with E-state index in [1.807, 2.05) is 0 Å². The lowest BCUT2D eigenvalue weighted by Crippen LogP contribution is -2.48. The molecule has 0 spiro atoms. The molecule has 2 heteroatoms. The zero-order valence-electron chi connectivity index (χ0n) is 14.9. The molecule has 0 radical (unpaired) electrons. The molecule has 3 aliphatic rings. The predicted octanol–water partition coefficient (Wildman–Crippen LogP) is 4.46. The molecule has 0 aromatic rings. The molecule has 128 valence electrons. The van der Waals surface area contributed by atoms with Gasteiger partial charge in [0.25, 0.3) is 0 Å². The standard InChI is InChI=1S/C20H38N2/c1-14-12-16(6-8-18(14)21)20(10-4-3-5-11-20)17-7-9-19(22)15(2)13-17/h14-19H,3-13,21-22H2,1-2H3. The van der Waals surface area contributed by atoms with Crippen molar-refractivity contribution in [2.24, 2.45) is 40.6 Å². The van der Waals surface area contributed by atoms with Crippen LogP contribution in [0.15, 0.2) is 0 Å². The zero-order chi connectivity index (χ0) is 15.7. The summed E-state index contributed by atoms with van der Waals surface area (Å²) in [6.07, 6.45) is 15.5. The Labute approximate surface area is 137 Å². The van der Waals surface area contributed by atoms with E-state index in [0.717, 1.165) is 23.7 Å². The lowest BCUT2D eigenvalue weighted by molar-refractivity contribution is -0.0338. The largest absolute Gasteiger partial charge is 0.327 e. The second-order valence-electron chi connectivity index (χ2n) is 9.10. The van der Waals surface area contributed by atoms with Gasteiger partial charge in [0.05, 0.1) is 0 Å². The van der Waals surface area contributed by atoms with Gasteiger partial charge in [0.1, 0.15) is 0 Å². The van der Waals surface area contributed by atoms with Crippen LogP contribution in [0.4, 0.5) is 0 Å². The van der Waals surface area contributed by atoms with E-state index in [0.29, 0.717) is 17.5 Å². The van der Waals surface area contributed by atoms with Gasteiger partial charge in [-0.1, -0.05) is 33.1 Å². The van der Waals surface area contributed by atoms with Crippen molar-refractivity contribution in [2.45, 2.75) is 96.6 Å². The van der Waals surface area contributed by atoms with Crippen LogP contribution in [0.5, 0.6) is 0 Å². The maximum absolute atomic E-state index is 6.32. The van der Waals surface area contributed by atoms with Gasteiger partial charge in [-0.15, -0.1) is 0 Å². The van der Waals surface area contributed by atoms with Crippen LogP contribution in [0.3, 0.4) is 0 Å². The number of rotatable bonds is 2. The van der Waals surface area contributed by atoms with E-state index in [4.69, 9.17) is 11.5 Å². The van der Waals surface area contributed by atoms with Crippen LogP contribution in [0, 0.1) is 29.1 Å². The van der Waals surface area contributed by atoms with Crippen molar-refractivity contribution in [1.82, 2.24) is 0 Å². The highest BCUT2D eigenvalue weighted by Gasteiger charge is 2.48. The topological polar surface area (TPSA) is 52.0 Å². The monoisotopic (exact) mass is 306 g/mol. The molecule has 3 saturated carbocycles. The molecule has 0 aromatic heterocycles. The summed E-state index contributed by atoms with van der Waals surface area (Å²) in [6.45, 7) is 4.79. The Balaban J connectivity index is 1.79. The molecule has 0 aromatic carbocycles. The molecule has 0 saturated heterocycles. The van der Waals surface area contributed by atoms with Crippen molar-refractivity contribution < 1.29 is 0 Å². The lowest BCUT2D eigenvalue weighted by atomic mass is 9.51. The second kappa shape index (κ2) is 6.81. The van der Waals surface area contributed by atoms with Gasteiger partial charge in [-0.05, 0) is 80.5 Å². The van der Waals surface area contributed by atoms with E-state index in [1.54, 1.807) is 0 Å². The third kappa shape index (κ3) is 3.11. The fourth-order valence-corrected chi connectivity index (χ4v) is 6.24. The van der Waals surface area contributed by atoms with Gasteiger partial charge in [-0.3, -0.25) is 0 Å². The third-order valence-electron chi connectivity index (χ3n) is 7.88. The molecule has 4 N–H and O–H groups in total. The first-order valence-corrected chi connectivity index (χ1v) is 10.0. The van der Waals surface area contributed by atoms with E-state index < -0.39 is 0 Å². The molecular formula is C20H38N2. The van der Waals surface area contributed by atoms with Gasteiger partial charge >= 0.3 is 0 Å². The molecule has 3 aliphatic carbocycles. The average Bonchev–Trinajstić information content (AvgIpc) is 2.53. The fraction of sp³-hybridized carbons (Fsp3) is 1.00. The van der Waals surface area contributed by atoms with Crippen molar-refractivity contribution in [3.8, 4) is 0 Å². The summed E-state index contributed by atoms with van der Waals surface area (Å²) < 4.78 is 0. The van der Waals surface area contributed by atoms with Crippen LogP contribution in [-0.4, -0.2) is 12.1 Å². The minimum Gasteiger partial charge on any atom is -0.327 e. The Morgan fingerprint density at radius 2 is 1.14 bits per heavy atom. The smallest absolute Gasteiger partial charge is 0.00647 e. The Kier molecular flexibility index (Phi) is 5.19. The van der Waals surface area contributed by atoms with Crippen LogP contribution in [0.1, 0.15) is 84.5 Å². The van der Waals surface area contributed by atoms with Crippen molar-refractivity contribution in [1.29, 1.82) is 0 Å². The maximum Gasteiger partial charge on any atom is 0.00647 e. The summed E-state index contributed by atoms with van der Waals surface area (Å²) in [7, 11) is 0. The Hall–Kier alpha value is -0.0800. The summed E-state index contributed by atoms with van der Waals surface area (Å²) in [5, 5.41) is 0. The van der Waals surface area contributed by atoms with Crippen molar-refractivity contribution >= 4 is 0 Å². The minimum atomic E-state index is 0.454. The molecule has 6 atom stereocenters. The first-order valence-electron chi connectivity index (χ1n) is 10.0. The highest BCUT2D eigenvalue weighted by Crippen LogP contribution is 2.57. The molecule has 0 amide bonds. The third-order valence-corrected chi connectivity index (χ3v) is 7.88. The summed E-state index contributed by atoms with van der Waals surface area (Å²) in [6, 6.07) is 0.909. The normalized spacial score (nSPS) is 46.4. The van der Waals surface area contributed by atoms with Crippen LogP contribution < -0.4 is 11.5 Å². The molecule has 22 heavy (non-hydrogen) atoms. The quantitative estimate of drug-likeness (QED) is 0.791. The van der Waals surface area contributed by atoms with Crippen molar-refractivity contribution in [2.75, 3.05) is 0 Å². The highest BCUT2D eigenvalue weighted by molar-refractivity contribution is 4.99. The minimum absolute atomic E-state index is 0.454. The maximum atomic E-state index is 6.32. The Morgan fingerprint density at radius 1 is 0.682 bits per heavy atom. The molecular weight excluding hydrogens is 268 g/mol. The molecule has 0 aliphatic heterocycles.